The molecule has 0 aliphatic rings. The Hall–Kier alpha value is -0.750. The summed E-state index contributed by atoms with van der Waals surface area (Å²) in [5.41, 5.74) is 0.230. The zero-order chi connectivity index (χ0) is 14.5. The summed E-state index contributed by atoms with van der Waals surface area (Å²) in [6.45, 7) is 3.59. The summed E-state index contributed by atoms with van der Waals surface area (Å²) in [6.07, 6.45) is -4.33. The lowest BCUT2D eigenvalue weighted by molar-refractivity contribution is -0.138. The minimum absolute atomic E-state index is 0.187. The number of ether oxygens (including phenoxy) is 1. The maximum atomic E-state index is 13.0. The number of alkyl halides is 4. The molecule has 0 atom stereocenters. The highest BCUT2D eigenvalue weighted by Crippen LogP contribution is 2.35. The fraction of sp³-hybridized carbons (Fsp3) is 0.538. The zero-order valence-corrected chi connectivity index (χ0v) is 12.5. The molecule has 1 aromatic rings. The van der Waals surface area contributed by atoms with E-state index in [1.54, 1.807) is 13.2 Å². The van der Waals surface area contributed by atoms with E-state index in [0.29, 0.717) is 25.4 Å². The predicted molar refractivity (Wildman–Crippen MR) is 73.8 cm³/mol. The molecular weight excluding hydrogens is 323 g/mol. The molecule has 0 N–H and O–H groups in total. The highest BCUT2D eigenvalue weighted by atomic mass is 79.9. The molecule has 108 valence electrons. The number of benzene rings is 1. The first-order chi connectivity index (χ1) is 8.93. The highest BCUT2D eigenvalue weighted by Gasteiger charge is 2.33. The van der Waals surface area contributed by atoms with Gasteiger partial charge in [-0.05, 0) is 24.6 Å². The van der Waals surface area contributed by atoms with Gasteiger partial charge in [0.2, 0.25) is 0 Å². The lowest BCUT2D eigenvalue weighted by Crippen LogP contribution is -2.27. The van der Waals surface area contributed by atoms with Crippen LogP contribution in [0.1, 0.15) is 18.1 Å². The lowest BCUT2D eigenvalue weighted by atomic mass is 10.1. The average Bonchev–Trinajstić information content (AvgIpc) is 2.38. The zero-order valence-electron chi connectivity index (χ0n) is 10.9. The summed E-state index contributed by atoms with van der Waals surface area (Å²) in [5.74, 6) is 0. The molecule has 0 aliphatic carbocycles. The van der Waals surface area contributed by atoms with Gasteiger partial charge in [0, 0.05) is 31.2 Å². The van der Waals surface area contributed by atoms with Crippen LogP contribution in [0, 0.1) is 0 Å². The Labute approximate surface area is 119 Å². The van der Waals surface area contributed by atoms with Gasteiger partial charge in [-0.2, -0.15) is 13.2 Å². The van der Waals surface area contributed by atoms with Gasteiger partial charge in [-0.25, -0.2) is 0 Å². The fourth-order valence-corrected chi connectivity index (χ4v) is 2.30. The molecule has 0 saturated carbocycles. The number of nitrogens with zero attached hydrogens (tertiary/aromatic N) is 1. The number of anilines is 1. The molecule has 0 heterocycles. The van der Waals surface area contributed by atoms with Crippen LogP contribution in [0.25, 0.3) is 0 Å². The molecule has 2 nitrogen and oxygen atoms in total. The second-order valence-corrected chi connectivity index (χ2v) is 4.61. The molecule has 0 aromatic heterocycles. The molecule has 0 saturated heterocycles. The van der Waals surface area contributed by atoms with Crippen molar-refractivity contribution in [3.8, 4) is 0 Å². The van der Waals surface area contributed by atoms with Gasteiger partial charge in [0.25, 0.3) is 0 Å². The first-order valence-corrected chi connectivity index (χ1v) is 7.06. The summed E-state index contributed by atoms with van der Waals surface area (Å²) in [6, 6.07) is 4.43. The van der Waals surface area contributed by atoms with Crippen molar-refractivity contribution in [2.75, 3.05) is 31.7 Å². The van der Waals surface area contributed by atoms with Crippen molar-refractivity contribution < 1.29 is 17.9 Å². The van der Waals surface area contributed by atoms with Crippen molar-refractivity contribution in [3.05, 3.63) is 29.3 Å². The topological polar surface area (TPSA) is 12.5 Å². The predicted octanol–water partition coefficient (Wildman–Crippen LogP) is 4.07. The smallest absolute Gasteiger partial charge is 0.383 e. The van der Waals surface area contributed by atoms with E-state index in [4.69, 9.17) is 4.74 Å². The van der Waals surface area contributed by atoms with Crippen molar-refractivity contribution in [3.63, 3.8) is 0 Å². The first kappa shape index (κ1) is 16.3. The van der Waals surface area contributed by atoms with Gasteiger partial charge in [0.05, 0.1) is 12.2 Å². The van der Waals surface area contributed by atoms with E-state index in [-0.39, 0.29) is 10.9 Å². The third kappa shape index (κ3) is 4.38. The van der Waals surface area contributed by atoms with Gasteiger partial charge >= 0.3 is 6.18 Å². The summed E-state index contributed by atoms with van der Waals surface area (Å²) in [5, 5.41) is 0.187. The molecule has 0 spiro atoms. The molecule has 0 radical (unpaired) electrons. The number of methoxy groups -OCH3 is 1. The van der Waals surface area contributed by atoms with Gasteiger partial charge in [0.1, 0.15) is 0 Å². The van der Waals surface area contributed by atoms with Crippen LogP contribution in [0.15, 0.2) is 18.2 Å². The molecule has 6 heteroatoms. The minimum atomic E-state index is -4.33. The lowest BCUT2D eigenvalue weighted by Gasteiger charge is -2.24. The van der Waals surface area contributed by atoms with Crippen molar-refractivity contribution >= 4 is 21.6 Å². The third-order valence-corrected chi connectivity index (χ3v) is 3.46. The van der Waals surface area contributed by atoms with Crippen molar-refractivity contribution in [1.29, 1.82) is 0 Å². The Balaban J connectivity index is 3.09. The summed E-state index contributed by atoms with van der Waals surface area (Å²) in [7, 11) is 1.57. The third-order valence-electron chi connectivity index (χ3n) is 2.86. The molecule has 1 aromatic carbocycles. The molecule has 19 heavy (non-hydrogen) atoms. The molecular formula is C13H17BrF3NO. The van der Waals surface area contributed by atoms with Crippen LogP contribution in [0.3, 0.4) is 0 Å². The SMILES string of the molecule is CCN(CCOC)c1ccc(CBr)c(C(F)(F)F)c1. The van der Waals surface area contributed by atoms with Gasteiger partial charge in [-0.15, -0.1) is 0 Å². The van der Waals surface area contributed by atoms with Crippen LogP contribution in [0.4, 0.5) is 18.9 Å². The van der Waals surface area contributed by atoms with E-state index in [1.165, 1.54) is 12.1 Å². The summed E-state index contributed by atoms with van der Waals surface area (Å²) in [4.78, 5) is 1.86. The fourth-order valence-electron chi connectivity index (χ4n) is 1.81. The average molecular weight is 340 g/mol. The standard InChI is InChI=1S/C13H17BrF3NO/c1-3-18(6-7-19-2)11-5-4-10(9-14)12(8-11)13(15,16)17/h4-5,8H,3,6-7,9H2,1-2H3. The Bertz CT molecular complexity index is 409. The maximum Gasteiger partial charge on any atom is 0.416 e. The van der Waals surface area contributed by atoms with Crippen molar-refractivity contribution in [2.24, 2.45) is 0 Å². The van der Waals surface area contributed by atoms with Crippen LogP contribution < -0.4 is 4.90 Å². The molecule has 0 aliphatic heterocycles. The summed E-state index contributed by atoms with van der Waals surface area (Å²) < 4.78 is 43.9. The van der Waals surface area contributed by atoms with Gasteiger partial charge in [0.15, 0.2) is 0 Å². The number of likely N-dealkylation sites (N-methyl/N-ethyl adjacent to an activating group) is 1. The molecule has 0 unspecified atom stereocenters. The van der Waals surface area contributed by atoms with Crippen molar-refractivity contribution in [1.82, 2.24) is 0 Å². The van der Waals surface area contributed by atoms with Crippen LogP contribution in [0.5, 0.6) is 0 Å². The number of hydrogen-bond acceptors (Lipinski definition) is 2. The second kappa shape index (κ2) is 7.14. The first-order valence-electron chi connectivity index (χ1n) is 5.94. The van der Waals surface area contributed by atoms with Crippen molar-refractivity contribution in [2.45, 2.75) is 18.4 Å². The molecule has 0 fully saturated rings. The Morgan fingerprint density at radius 3 is 2.47 bits per heavy atom. The van der Waals surface area contributed by atoms with Crippen LogP contribution in [0.2, 0.25) is 0 Å². The molecule has 0 amide bonds. The van der Waals surface area contributed by atoms with E-state index < -0.39 is 11.7 Å². The largest absolute Gasteiger partial charge is 0.416 e. The van der Waals surface area contributed by atoms with E-state index in [0.717, 1.165) is 0 Å². The quantitative estimate of drug-likeness (QED) is 0.724. The number of halogens is 4. The summed E-state index contributed by atoms with van der Waals surface area (Å²) >= 11 is 3.09. The van der Waals surface area contributed by atoms with Crippen LogP contribution in [-0.2, 0) is 16.2 Å². The monoisotopic (exact) mass is 339 g/mol. The van der Waals surface area contributed by atoms with Gasteiger partial charge in [-0.1, -0.05) is 22.0 Å². The second-order valence-electron chi connectivity index (χ2n) is 4.05. The Kier molecular flexibility index (Phi) is 6.13. The number of hydrogen-bond donors (Lipinski definition) is 0. The molecule has 0 bridgehead atoms. The molecule has 1 rings (SSSR count). The van der Waals surface area contributed by atoms with E-state index >= 15 is 0 Å². The van der Waals surface area contributed by atoms with Gasteiger partial charge < -0.3 is 9.64 Å². The number of rotatable bonds is 6. The van der Waals surface area contributed by atoms with Gasteiger partial charge in [-0.3, -0.25) is 0 Å². The van der Waals surface area contributed by atoms with Crippen LogP contribution >= 0.6 is 15.9 Å². The van der Waals surface area contributed by atoms with E-state index in [9.17, 15) is 13.2 Å². The maximum absolute atomic E-state index is 13.0. The van der Waals surface area contributed by atoms with E-state index in [2.05, 4.69) is 15.9 Å². The Morgan fingerprint density at radius 1 is 1.32 bits per heavy atom. The normalized spacial score (nSPS) is 11.7. The van der Waals surface area contributed by atoms with Crippen LogP contribution in [-0.4, -0.2) is 26.8 Å². The Morgan fingerprint density at radius 2 is 2.00 bits per heavy atom. The van der Waals surface area contributed by atoms with E-state index in [1.807, 2.05) is 11.8 Å². The highest BCUT2D eigenvalue weighted by molar-refractivity contribution is 9.08. The minimum Gasteiger partial charge on any atom is -0.383 e.